The lowest BCUT2D eigenvalue weighted by molar-refractivity contribution is -0.137. The Hall–Kier alpha value is -1.35. The van der Waals surface area contributed by atoms with Gasteiger partial charge in [-0.05, 0) is 18.2 Å². The summed E-state index contributed by atoms with van der Waals surface area (Å²) in [5.74, 6) is 0.520. The van der Waals surface area contributed by atoms with Gasteiger partial charge in [-0.2, -0.15) is 18.4 Å². The number of nitrogens with zero attached hydrogens (tertiary/aromatic N) is 1. The van der Waals surface area contributed by atoms with Crippen LogP contribution in [-0.2, 0) is 6.18 Å². The molecule has 0 amide bonds. The molecule has 0 atom stereocenters. The highest BCUT2D eigenvalue weighted by Gasteiger charge is 2.30. The van der Waals surface area contributed by atoms with E-state index in [9.17, 15) is 13.2 Å². The number of anilines is 1. The third-order valence-corrected chi connectivity index (χ3v) is 2.90. The van der Waals surface area contributed by atoms with Crippen LogP contribution in [0.2, 0.25) is 0 Å². The van der Waals surface area contributed by atoms with Gasteiger partial charge in [0.1, 0.15) is 0 Å². The highest BCUT2D eigenvalue weighted by atomic mass is 32.2. The second-order valence-electron chi connectivity index (χ2n) is 3.01. The van der Waals surface area contributed by atoms with E-state index in [2.05, 4.69) is 0 Å². The van der Waals surface area contributed by atoms with Crippen LogP contribution in [0.1, 0.15) is 12.0 Å². The fourth-order valence-corrected chi connectivity index (χ4v) is 1.87. The smallest absolute Gasteiger partial charge is 0.398 e. The average Bonchev–Trinajstić information content (AvgIpc) is 2.19. The van der Waals surface area contributed by atoms with Crippen molar-refractivity contribution in [3.63, 3.8) is 0 Å². The van der Waals surface area contributed by atoms with Crippen molar-refractivity contribution in [3.8, 4) is 6.07 Å². The van der Waals surface area contributed by atoms with Crippen molar-refractivity contribution in [3.05, 3.63) is 23.8 Å². The van der Waals surface area contributed by atoms with Crippen LogP contribution < -0.4 is 5.73 Å². The number of benzene rings is 1. The molecule has 0 fully saturated rings. The second kappa shape index (κ2) is 5.12. The SMILES string of the molecule is N#CCCSc1ccc(C(F)(F)F)cc1N. The zero-order valence-electron chi connectivity index (χ0n) is 8.21. The van der Waals surface area contributed by atoms with Gasteiger partial charge in [0.25, 0.3) is 0 Å². The molecule has 2 N–H and O–H groups in total. The van der Waals surface area contributed by atoms with E-state index >= 15 is 0 Å². The predicted molar refractivity (Wildman–Crippen MR) is 56.8 cm³/mol. The van der Waals surface area contributed by atoms with E-state index in [1.807, 2.05) is 6.07 Å². The lowest BCUT2D eigenvalue weighted by Crippen LogP contribution is -2.05. The molecule has 0 radical (unpaired) electrons. The van der Waals surface area contributed by atoms with Crippen LogP contribution in [0.15, 0.2) is 23.1 Å². The van der Waals surface area contributed by atoms with Crippen LogP contribution in [0, 0.1) is 11.3 Å². The van der Waals surface area contributed by atoms with Crippen LogP contribution in [0.4, 0.5) is 18.9 Å². The van der Waals surface area contributed by atoms with E-state index in [0.29, 0.717) is 17.1 Å². The monoisotopic (exact) mass is 246 g/mol. The van der Waals surface area contributed by atoms with Gasteiger partial charge < -0.3 is 5.73 Å². The summed E-state index contributed by atoms with van der Waals surface area (Å²) in [5.41, 5.74) is 4.84. The first-order chi connectivity index (χ1) is 7.45. The molecule has 0 heterocycles. The predicted octanol–water partition coefficient (Wildman–Crippen LogP) is 3.29. The topological polar surface area (TPSA) is 49.8 Å². The molecule has 0 aliphatic heterocycles. The summed E-state index contributed by atoms with van der Waals surface area (Å²) < 4.78 is 36.9. The highest BCUT2D eigenvalue weighted by molar-refractivity contribution is 7.99. The van der Waals surface area contributed by atoms with Gasteiger partial charge in [-0.25, -0.2) is 0 Å². The van der Waals surface area contributed by atoms with Gasteiger partial charge in [0.2, 0.25) is 0 Å². The Morgan fingerprint density at radius 1 is 1.38 bits per heavy atom. The van der Waals surface area contributed by atoms with Gasteiger partial charge in [-0.3, -0.25) is 0 Å². The minimum atomic E-state index is -4.37. The Bertz CT molecular complexity index is 410. The molecule has 0 spiro atoms. The van der Waals surface area contributed by atoms with Crippen molar-refractivity contribution in [2.45, 2.75) is 17.5 Å². The zero-order chi connectivity index (χ0) is 12.2. The Labute approximate surface area is 95.2 Å². The fraction of sp³-hybridized carbons (Fsp3) is 0.300. The van der Waals surface area contributed by atoms with Crippen LogP contribution in [0.3, 0.4) is 0 Å². The minimum Gasteiger partial charge on any atom is -0.398 e. The molecule has 1 aromatic carbocycles. The molecule has 1 aromatic rings. The Morgan fingerprint density at radius 3 is 2.56 bits per heavy atom. The molecule has 0 aliphatic carbocycles. The number of rotatable bonds is 3. The van der Waals surface area contributed by atoms with E-state index in [1.165, 1.54) is 17.8 Å². The van der Waals surface area contributed by atoms with Crippen LogP contribution >= 0.6 is 11.8 Å². The van der Waals surface area contributed by atoms with Gasteiger partial charge in [-0.1, -0.05) is 0 Å². The lowest BCUT2D eigenvalue weighted by Gasteiger charge is -2.09. The quantitative estimate of drug-likeness (QED) is 0.505. The highest BCUT2D eigenvalue weighted by Crippen LogP contribution is 2.34. The van der Waals surface area contributed by atoms with Gasteiger partial charge >= 0.3 is 6.18 Å². The standard InChI is InChI=1S/C10H9F3N2S/c11-10(12,13)7-2-3-9(8(15)6-7)16-5-1-4-14/h2-3,6H,1,5,15H2. The first-order valence-corrected chi connectivity index (χ1v) is 5.40. The number of halogens is 3. The molecule has 0 unspecified atom stereocenters. The van der Waals surface area contributed by atoms with Gasteiger partial charge in [0.05, 0.1) is 11.6 Å². The van der Waals surface area contributed by atoms with Crippen molar-refractivity contribution in [1.29, 1.82) is 5.26 Å². The summed E-state index contributed by atoms with van der Waals surface area (Å²) in [5, 5.41) is 8.32. The number of nitriles is 1. The molecular weight excluding hydrogens is 237 g/mol. The molecule has 86 valence electrons. The molecule has 0 saturated carbocycles. The number of alkyl halides is 3. The van der Waals surface area contributed by atoms with Crippen LogP contribution in [0.5, 0.6) is 0 Å². The summed E-state index contributed by atoms with van der Waals surface area (Å²) >= 11 is 1.28. The molecular formula is C10H9F3N2S. The molecule has 6 heteroatoms. The Balaban J connectivity index is 2.80. The Kier molecular flexibility index (Phi) is 4.07. The Morgan fingerprint density at radius 2 is 2.06 bits per heavy atom. The van der Waals surface area contributed by atoms with Crippen molar-refractivity contribution in [1.82, 2.24) is 0 Å². The van der Waals surface area contributed by atoms with E-state index in [1.54, 1.807) is 0 Å². The van der Waals surface area contributed by atoms with Gasteiger partial charge in [0.15, 0.2) is 0 Å². The molecule has 0 saturated heterocycles. The molecule has 0 aliphatic rings. The molecule has 16 heavy (non-hydrogen) atoms. The molecule has 1 rings (SSSR count). The summed E-state index contributed by atoms with van der Waals surface area (Å²) in [6.07, 6.45) is -4.03. The summed E-state index contributed by atoms with van der Waals surface area (Å²) in [7, 11) is 0. The minimum absolute atomic E-state index is 0.0952. The van der Waals surface area contributed by atoms with Crippen LogP contribution in [-0.4, -0.2) is 5.75 Å². The normalized spacial score (nSPS) is 11.1. The van der Waals surface area contributed by atoms with E-state index in [-0.39, 0.29) is 5.69 Å². The van der Waals surface area contributed by atoms with E-state index in [4.69, 9.17) is 11.0 Å². The first-order valence-electron chi connectivity index (χ1n) is 4.41. The maximum absolute atomic E-state index is 12.3. The maximum Gasteiger partial charge on any atom is 0.416 e. The number of hydrogen-bond acceptors (Lipinski definition) is 3. The van der Waals surface area contributed by atoms with Crippen molar-refractivity contribution in [2.75, 3.05) is 11.5 Å². The summed E-state index contributed by atoms with van der Waals surface area (Å²) in [6.45, 7) is 0. The van der Waals surface area contributed by atoms with Crippen LogP contribution in [0.25, 0.3) is 0 Å². The number of nitrogens with two attached hydrogens (primary N) is 1. The van der Waals surface area contributed by atoms with Gasteiger partial charge in [0, 0.05) is 22.8 Å². The summed E-state index contributed by atoms with van der Waals surface area (Å²) in [6, 6.07) is 5.19. The van der Waals surface area contributed by atoms with Crippen molar-refractivity contribution < 1.29 is 13.2 Å². The van der Waals surface area contributed by atoms with E-state index < -0.39 is 11.7 Å². The summed E-state index contributed by atoms with van der Waals surface area (Å²) in [4.78, 5) is 0.572. The third-order valence-electron chi connectivity index (χ3n) is 1.81. The van der Waals surface area contributed by atoms with Crippen molar-refractivity contribution >= 4 is 17.4 Å². The zero-order valence-corrected chi connectivity index (χ0v) is 9.03. The largest absolute Gasteiger partial charge is 0.416 e. The number of hydrogen-bond donors (Lipinski definition) is 1. The lowest BCUT2D eigenvalue weighted by atomic mass is 10.2. The number of nitrogen functional groups attached to an aromatic ring is 1. The fourth-order valence-electron chi connectivity index (χ4n) is 1.06. The molecule has 0 aromatic heterocycles. The molecule has 0 bridgehead atoms. The van der Waals surface area contributed by atoms with Crippen molar-refractivity contribution in [2.24, 2.45) is 0 Å². The maximum atomic E-state index is 12.3. The van der Waals surface area contributed by atoms with E-state index in [0.717, 1.165) is 12.1 Å². The third kappa shape index (κ3) is 3.35. The molecule has 2 nitrogen and oxygen atoms in total. The second-order valence-corrected chi connectivity index (χ2v) is 4.14. The number of thioether (sulfide) groups is 1. The van der Waals surface area contributed by atoms with Gasteiger partial charge in [-0.15, -0.1) is 11.8 Å². The first kappa shape index (κ1) is 12.7. The average molecular weight is 246 g/mol.